The van der Waals surface area contributed by atoms with Gasteiger partial charge in [0.15, 0.2) is 0 Å². The lowest BCUT2D eigenvalue weighted by Crippen LogP contribution is -2.31. The van der Waals surface area contributed by atoms with Crippen LogP contribution in [0.1, 0.15) is 25.8 Å². The van der Waals surface area contributed by atoms with Crippen LogP contribution >= 0.6 is 0 Å². The van der Waals surface area contributed by atoms with E-state index in [9.17, 15) is 14.9 Å². The smallest absolute Gasteiger partial charge is 0.292 e. The number of nitrogens with zero attached hydrogens (tertiary/aromatic N) is 1. The van der Waals surface area contributed by atoms with Gasteiger partial charge in [0, 0.05) is 25.1 Å². The molecule has 19 heavy (non-hydrogen) atoms. The van der Waals surface area contributed by atoms with Gasteiger partial charge in [0.2, 0.25) is 5.91 Å². The summed E-state index contributed by atoms with van der Waals surface area (Å²) < 4.78 is 0. The zero-order chi connectivity index (χ0) is 14.4. The number of aryl methyl sites for hydroxylation is 1. The summed E-state index contributed by atoms with van der Waals surface area (Å²) >= 11 is 0. The fourth-order valence-electron chi connectivity index (χ4n) is 1.73. The van der Waals surface area contributed by atoms with E-state index < -0.39 is 4.92 Å². The number of hydrogen-bond donors (Lipinski definition) is 2. The van der Waals surface area contributed by atoms with Crippen LogP contribution in [0.4, 0.5) is 11.4 Å². The van der Waals surface area contributed by atoms with Crippen molar-refractivity contribution < 1.29 is 9.72 Å². The van der Waals surface area contributed by atoms with Gasteiger partial charge < -0.3 is 10.6 Å². The van der Waals surface area contributed by atoms with Crippen LogP contribution in [0.5, 0.6) is 0 Å². The Morgan fingerprint density at radius 2 is 2.11 bits per heavy atom. The van der Waals surface area contributed by atoms with Crippen molar-refractivity contribution >= 4 is 17.3 Å². The molecular weight excluding hydrogens is 246 g/mol. The molecule has 0 spiro atoms. The van der Waals surface area contributed by atoms with Crippen molar-refractivity contribution in [3.8, 4) is 0 Å². The van der Waals surface area contributed by atoms with Gasteiger partial charge in [-0.25, -0.2) is 0 Å². The average molecular weight is 265 g/mol. The maximum absolute atomic E-state index is 11.5. The predicted octanol–water partition coefficient (Wildman–Crippen LogP) is 2.23. The third kappa shape index (κ3) is 4.57. The average Bonchev–Trinajstić information content (AvgIpc) is 2.29. The van der Waals surface area contributed by atoms with E-state index in [0.717, 1.165) is 5.56 Å². The maximum atomic E-state index is 11.5. The normalized spacial score (nSPS) is 10.3. The van der Waals surface area contributed by atoms with Gasteiger partial charge in [0.05, 0.1) is 4.92 Å². The number of carbonyl (C=O) groups excluding carboxylic acids is 1. The Balaban J connectivity index is 2.63. The number of benzene rings is 1. The van der Waals surface area contributed by atoms with Crippen LogP contribution in [0.25, 0.3) is 0 Å². The number of nitrogens with one attached hydrogen (secondary N) is 2. The molecule has 0 unspecified atom stereocenters. The maximum Gasteiger partial charge on any atom is 0.292 e. The van der Waals surface area contributed by atoms with E-state index in [4.69, 9.17) is 0 Å². The van der Waals surface area contributed by atoms with Crippen LogP contribution in [0.2, 0.25) is 0 Å². The van der Waals surface area contributed by atoms with Gasteiger partial charge in [0.25, 0.3) is 5.69 Å². The molecular formula is C13H19N3O3. The van der Waals surface area contributed by atoms with Crippen LogP contribution in [-0.2, 0) is 4.79 Å². The molecule has 0 bridgehead atoms. The van der Waals surface area contributed by atoms with Crippen molar-refractivity contribution in [3.63, 3.8) is 0 Å². The van der Waals surface area contributed by atoms with Gasteiger partial charge in [-0.3, -0.25) is 14.9 Å². The number of rotatable bonds is 6. The Kier molecular flexibility index (Phi) is 5.29. The summed E-state index contributed by atoms with van der Waals surface area (Å²) in [6, 6.07) is 4.98. The molecule has 1 rings (SSSR count). The monoisotopic (exact) mass is 265 g/mol. The second-order valence-corrected chi connectivity index (χ2v) is 4.63. The Morgan fingerprint density at radius 1 is 1.42 bits per heavy atom. The zero-order valence-electron chi connectivity index (χ0n) is 11.4. The van der Waals surface area contributed by atoms with Gasteiger partial charge in [-0.15, -0.1) is 0 Å². The highest BCUT2D eigenvalue weighted by Gasteiger charge is 2.15. The zero-order valence-corrected chi connectivity index (χ0v) is 11.4. The number of para-hydroxylation sites is 1. The molecule has 0 aromatic heterocycles. The molecule has 6 heteroatoms. The summed E-state index contributed by atoms with van der Waals surface area (Å²) in [6.45, 7) is 5.93. The molecule has 0 saturated carbocycles. The lowest BCUT2D eigenvalue weighted by Gasteiger charge is -2.11. The highest BCUT2D eigenvalue weighted by molar-refractivity contribution is 5.77. The number of amides is 1. The quantitative estimate of drug-likeness (QED) is 0.610. The molecule has 0 saturated heterocycles. The van der Waals surface area contributed by atoms with Gasteiger partial charge in [0.1, 0.15) is 5.69 Å². The van der Waals surface area contributed by atoms with E-state index >= 15 is 0 Å². The van der Waals surface area contributed by atoms with Crippen LogP contribution in [0, 0.1) is 17.0 Å². The van der Waals surface area contributed by atoms with Crippen LogP contribution in [-0.4, -0.2) is 23.4 Å². The summed E-state index contributed by atoms with van der Waals surface area (Å²) in [5.74, 6) is -0.0706. The van der Waals surface area contributed by atoms with Crippen molar-refractivity contribution in [2.45, 2.75) is 33.2 Å². The number of anilines is 1. The lowest BCUT2D eigenvalue weighted by atomic mass is 10.1. The number of carbonyl (C=O) groups is 1. The molecule has 1 aromatic carbocycles. The predicted molar refractivity (Wildman–Crippen MR) is 74.2 cm³/mol. The molecule has 0 radical (unpaired) electrons. The summed E-state index contributed by atoms with van der Waals surface area (Å²) in [5.41, 5.74) is 1.30. The first-order chi connectivity index (χ1) is 8.91. The highest BCUT2D eigenvalue weighted by atomic mass is 16.6. The third-order valence-corrected chi connectivity index (χ3v) is 2.55. The number of hydrogen-bond acceptors (Lipinski definition) is 4. The largest absolute Gasteiger partial charge is 0.379 e. The molecule has 6 nitrogen and oxygen atoms in total. The minimum Gasteiger partial charge on any atom is -0.379 e. The molecule has 0 aliphatic heterocycles. The molecule has 1 amide bonds. The fraction of sp³-hybridized carbons (Fsp3) is 0.462. The van der Waals surface area contributed by atoms with Crippen molar-refractivity contribution in [2.24, 2.45) is 0 Å². The standard InChI is InChI=1S/C13H19N3O3/c1-9(2)15-12(17)7-8-14-13-10(3)5-4-6-11(13)16(18)19/h4-6,9,14H,7-8H2,1-3H3,(H,15,17). The van der Waals surface area contributed by atoms with Crippen molar-refractivity contribution in [1.82, 2.24) is 5.32 Å². The first kappa shape index (κ1) is 14.9. The molecule has 0 aliphatic rings. The van der Waals surface area contributed by atoms with Crippen molar-refractivity contribution in [3.05, 3.63) is 33.9 Å². The van der Waals surface area contributed by atoms with Gasteiger partial charge >= 0.3 is 0 Å². The Morgan fingerprint density at radius 3 is 2.68 bits per heavy atom. The van der Waals surface area contributed by atoms with Crippen molar-refractivity contribution in [1.29, 1.82) is 0 Å². The summed E-state index contributed by atoms with van der Waals surface area (Å²) in [6.07, 6.45) is 0.281. The van der Waals surface area contributed by atoms with E-state index in [0.29, 0.717) is 12.2 Å². The third-order valence-electron chi connectivity index (χ3n) is 2.55. The highest BCUT2D eigenvalue weighted by Crippen LogP contribution is 2.27. The number of nitro benzene ring substituents is 1. The summed E-state index contributed by atoms with van der Waals surface area (Å²) in [7, 11) is 0. The topological polar surface area (TPSA) is 84.3 Å². The summed E-state index contributed by atoms with van der Waals surface area (Å²) in [5, 5.41) is 16.6. The van der Waals surface area contributed by atoms with Gasteiger partial charge in [-0.05, 0) is 26.3 Å². The van der Waals surface area contributed by atoms with E-state index in [2.05, 4.69) is 10.6 Å². The SMILES string of the molecule is Cc1cccc([N+](=O)[O-])c1NCCC(=O)NC(C)C. The Hall–Kier alpha value is -2.11. The summed E-state index contributed by atoms with van der Waals surface area (Å²) in [4.78, 5) is 21.9. The van der Waals surface area contributed by atoms with Crippen LogP contribution in [0.15, 0.2) is 18.2 Å². The molecule has 0 fully saturated rings. The molecule has 2 N–H and O–H groups in total. The first-order valence-corrected chi connectivity index (χ1v) is 6.19. The van der Waals surface area contributed by atoms with Gasteiger partial charge in [-0.1, -0.05) is 12.1 Å². The molecule has 0 heterocycles. The molecule has 0 aliphatic carbocycles. The minimum atomic E-state index is -0.427. The van der Waals surface area contributed by atoms with E-state index in [1.165, 1.54) is 6.07 Å². The molecule has 0 atom stereocenters. The van der Waals surface area contributed by atoms with Gasteiger partial charge in [-0.2, -0.15) is 0 Å². The second-order valence-electron chi connectivity index (χ2n) is 4.63. The minimum absolute atomic E-state index is 0.0317. The molecule has 1 aromatic rings. The first-order valence-electron chi connectivity index (χ1n) is 6.19. The molecule has 104 valence electrons. The van der Waals surface area contributed by atoms with Crippen LogP contribution < -0.4 is 10.6 Å². The van der Waals surface area contributed by atoms with Crippen LogP contribution in [0.3, 0.4) is 0 Å². The lowest BCUT2D eigenvalue weighted by molar-refractivity contribution is -0.384. The van der Waals surface area contributed by atoms with E-state index in [1.54, 1.807) is 19.1 Å². The second kappa shape index (κ2) is 6.72. The Bertz CT molecular complexity index is 472. The van der Waals surface area contributed by atoms with E-state index in [-0.39, 0.29) is 24.1 Å². The number of nitro groups is 1. The fourth-order valence-corrected chi connectivity index (χ4v) is 1.73. The Labute approximate surface area is 112 Å². The van der Waals surface area contributed by atoms with Crippen molar-refractivity contribution in [2.75, 3.05) is 11.9 Å². The van der Waals surface area contributed by atoms with E-state index in [1.807, 2.05) is 13.8 Å².